The molecule has 0 aliphatic rings. The van der Waals surface area contributed by atoms with Gasteiger partial charge >= 0.3 is 0 Å². The second-order valence-corrected chi connectivity index (χ2v) is 69.6. The van der Waals surface area contributed by atoms with Crippen molar-refractivity contribution in [2.75, 3.05) is 213 Å². The van der Waals surface area contributed by atoms with Gasteiger partial charge in [-0.2, -0.15) is 0 Å². The lowest BCUT2D eigenvalue weighted by Crippen LogP contribution is -2.07. The number of rotatable bonds is 0. The molecule has 0 amide bonds. The summed E-state index contributed by atoms with van der Waals surface area (Å²) < 4.78 is 74.3. The first-order valence-corrected chi connectivity index (χ1v) is 51.5. The van der Waals surface area contributed by atoms with E-state index in [1.807, 2.05) is 0 Å². The summed E-state index contributed by atoms with van der Waals surface area (Å²) in [6.07, 6.45) is 0. The van der Waals surface area contributed by atoms with Gasteiger partial charge in [0.05, 0.1) is 0 Å². The van der Waals surface area contributed by atoms with E-state index in [4.69, 9.17) is 57.4 Å². The van der Waals surface area contributed by atoms with Crippen LogP contribution in [0.4, 0.5) is 16.8 Å². The number of hydrogen-bond acceptors (Lipinski definition) is 12. The highest BCUT2D eigenvalue weighted by atomic mass is 31.2. The molecule has 384 valence electrons. The van der Waals surface area contributed by atoms with Crippen molar-refractivity contribution in [1.29, 1.82) is 0 Å². The van der Waals surface area contributed by atoms with Gasteiger partial charge in [0, 0.05) is 271 Å². The zero-order chi connectivity index (χ0) is 54.0. The van der Waals surface area contributed by atoms with Crippen LogP contribution in [0.5, 0.6) is 0 Å². The summed E-state index contributed by atoms with van der Waals surface area (Å²) in [5.41, 5.74) is 0. The highest BCUT2D eigenvalue weighted by Gasteiger charge is 2.06. The third-order valence-corrected chi connectivity index (χ3v) is 0. The number of halogens is 4. The third kappa shape index (κ3) is 16100. The van der Waals surface area contributed by atoms with Crippen LogP contribution in [0, 0.1) is 0 Å². The summed E-state index contributed by atoms with van der Waals surface area (Å²) in [6.45, 7) is 73.6. The molecule has 0 aromatic heterocycles. The van der Waals surface area contributed by atoms with Crippen LogP contribution in [0.15, 0.2) is 0 Å². The first-order valence-electron chi connectivity index (χ1n) is 17.2. The van der Waals surface area contributed by atoms with Crippen LogP contribution >= 0.6 is 89.7 Å². The lowest BCUT2D eigenvalue weighted by Gasteiger charge is -2.15. The van der Waals surface area contributed by atoms with Crippen molar-refractivity contribution >= 4 is 89.7 Å². The van der Waals surface area contributed by atoms with E-state index in [0.717, 1.165) is 0 Å². The Bertz CT molecular complexity index is 808. The summed E-state index contributed by atoms with van der Waals surface area (Å²) >= 11 is 0. The van der Waals surface area contributed by atoms with Crippen molar-refractivity contribution in [3.8, 4) is 0 Å². The van der Waals surface area contributed by atoms with Gasteiger partial charge in [-0.1, -0.05) is 0 Å². The van der Waals surface area contributed by atoms with Gasteiger partial charge < -0.3 is 57.4 Å². The van der Waals surface area contributed by atoms with Crippen molar-refractivity contribution in [2.24, 2.45) is 0 Å². The molecule has 0 saturated carbocycles. The molecule has 0 unspecified atom stereocenters. The van der Waals surface area contributed by atoms with Crippen LogP contribution in [0.3, 0.4) is 0 Å². The molecule has 0 radical (unpaired) electrons. The minimum atomic E-state index is -5.64. The summed E-state index contributed by atoms with van der Waals surface area (Å²) in [4.78, 5) is 67.5. The summed E-state index contributed by atoms with van der Waals surface area (Å²) in [5, 5.41) is 0. The van der Waals surface area contributed by atoms with Crippen molar-refractivity contribution in [3.05, 3.63) is 0 Å². The first kappa shape index (κ1) is 93.7. The highest BCUT2D eigenvalue weighted by Crippen LogP contribution is 2.43. The molecule has 0 bridgehead atoms. The van der Waals surface area contributed by atoms with Crippen molar-refractivity contribution in [2.45, 2.75) is 0 Å². The van der Waals surface area contributed by atoms with Gasteiger partial charge in [-0.15, -0.1) is 0 Å². The van der Waals surface area contributed by atoms with Crippen molar-refractivity contribution in [3.63, 3.8) is 0 Å². The molecule has 0 N–H and O–H groups in total. The highest BCUT2D eigenvalue weighted by molar-refractivity contribution is 7.75. The number of hydrogen-bond donors (Lipinski definition) is 0. The Hall–Kier alpha value is 3.76. The molecular formula is C32H96F4O12P12. The van der Waals surface area contributed by atoms with E-state index < -0.39 is 31.6 Å². The molecule has 0 heterocycles. The smallest absolute Gasteiger partial charge is 0.110 e. The monoisotopic (exact) mass is 1120 g/mol. The fourth-order valence-electron chi connectivity index (χ4n) is 0. The molecule has 12 nitrogen and oxygen atoms in total. The Labute approximate surface area is 375 Å². The van der Waals surface area contributed by atoms with Gasteiger partial charge in [0.2, 0.25) is 0 Å². The van der Waals surface area contributed by atoms with Crippen LogP contribution < -0.4 is 39.1 Å². The van der Waals surface area contributed by atoms with E-state index >= 15 is 0 Å². The normalized spacial score (nSPS) is 11.9. The summed E-state index contributed by atoms with van der Waals surface area (Å²) in [5.74, 6) is 0. The van der Waals surface area contributed by atoms with E-state index in [2.05, 4.69) is 213 Å². The molecule has 0 aromatic carbocycles. The maximum Gasteiger partial charge on any atom is 0.110 e. The predicted molar refractivity (Wildman–Crippen MR) is 280 cm³/mol. The fourth-order valence-corrected chi connectivity index (χ4v) is 0. The van der Waals surface area contributed by atoms with Crippen LogP contribution in [0.2, 0.25) is 0 Å². The lowest BCUT2D eigenvalue weighted by molar-refractivity contribution is -0.330. The Kier molecular flexibility index (Phi) is 65.2. The first-order chi connectivity index (χ1) is 24.0. The molecule has 0 spiro atoms. The predicted octanol–water partition coefficient (Wildman–Crippen LogP) is 7.32. The standard InChI is InChI=1S/8C4H12P.4FH2O3P/c12*1-5(2,3)4/h8*1-4H3;4*(H2,2,3,4)/q8*+1;;;;/p-8. The molecule has 0 fully saturated rings. The average Bonchev–Trinajstić information content (AvgIpc) is 2.48. The van der Waals surface area contributed by atoms with E-state index in [0.29, 0.717) is 0 Å². The van der Waals surface area contributed by atoms with Gasteiger partial charge in [-0.3, -0.25) is 0 Å². The van der Waals surface area contributed by atoms with E-state index in [9.17, 15) is 16.8 Å². The van der Waals surface area contributed by atoms with Gasteiger partial charge in [0.25, 0.3) is 0 Å². The van der Waals surface area contributed by atoms with Crippen LogP contribution in [-0.4, -0.2) is 213 Å². The third-order valence-electron chi connectivity index (χ3n) is 0. The molecule has 0 aromatic rings. The van der Waals surface area contributed by atoms with Crippen LogP contribution in [-0.2, 0) is 18.3 Å². The SMILES string of the molecule is C[P+](C)(C)C.C[P+](C)(C)C.C[P+](C)(C)C.C[P+](C)(C)C.C[P+](C)(C)C.C[P+](C)(C)C.C[P+](C)(C)C.C[P+](C)(C)C.O=P([O-])([O-])F.O=P([O-])([O-])F.O=P([O-])([O-])F.O=P([O-])([O-])F. The van der Waals surface area contributed by atoms with Crippen LogP contribution in [0.25, 0.3) is 0 Å². The maximum absolute atomic E-state index is 10.1. The topological polar surface area (TPSA) is 253 Å². The second-order valence-electron chi connectivity index (χ2n) is 23.2. The quantitative estimate of drug-likeness (QED) is 0.171. The fraction of sp³-hybridized carbons (Fsp3) is 1.00. The van der Waals surface area contributed by atoms with Crippen LogP contribution in [0.1, 0.15) is 0 Å². The Morgan fingerprint density at radius 1 is 0.200 bits per heavy atom. The Balaban J connectivity index is -0.0000000419. The molecule has 0 rings (SSSR count). The Morgan fingerprint density at radius 3 is 0.200 bits per heavy atom. The molecular weight excluding hydrogens is 1020 g/mol. The van der Waals surface area contributed by atoms with E-state index in [1.54, 1.807) is 0 Å². The maximum atomic E-state index is 10.1. The molecule has 0 aliphatic carbocycles. The minimum absolute atomic E-state index is 0.389. The largest absolute Gasteiger partial charge is 0.786 e. The molecule has 0 aliphatic heterocycles. The van der Waals surface area contributed by atoms with Gasteiger partial charge in [-0.05, 0) is 0 Å². The molecule has 0 saturated heterocycles. The van der Waals surface area contributed by atoms with Crippen molar-refractivity contribution < 1.29 is 74.2 Å². The summed E-state index contributed by atoms with van der Waals surface area (Å²) in [7, 11) is -25.7. The van der Waals surface area contributed by atoms with E-state index in [1.165, 1.54) is 0 Å². The lowest BCUT2D eigenvalue weighted by atomic mass is 11.8. The minimum Gasteiger partial charge on any atom is -0.786 e. The van der Waals surface area contributed by atoms with Crippen molar-refractivity contribution in [1.82, 2.24) is 0 Å². The second kappa shape index (κ2) is 41.7. The zero-order valence-electron chi connectivity index (χ0n) is 43.8. The zero-order valence-corrected chi connectivity index (χ0v) is 54.5. The average molecular weight is 1120 g/mol. The molecule has 28 heteroatoms. The Morgan fingerprint density at radius 2 is 0.200 bits per heavy atom. The van der Waals surface area contributed by atoms with Gasteiger partial charge in [0.1, 0.15) is 31.6 Å². The molecule has 0 atom stereocenters. The van der Waals surface area contributed by atoms with E-state index in [-0.39, 0.29) is 58.1 Å². The molecule has 60 heavy (non-hydrogen) atoms. The van der Waals surface area contributed by atoms with Gasteiger partial charge in [-0.25, -0.2) is 16.8 Å². The summed E-state index contributed by atoms with van der Waals surface area (Å²) in [6, 6.07) is 0. The van der Waals surface area contributed by atoms with Gasteiger partial charge in [0.15, 0.2) is 0 Å².